The van der Waals surface area contributed by atoms with Crippen LogP contribution in [0.5, 0.6) is 0 Å². The summed E-state index contributed by atoms with van der Waals surface area (Å²) in [6, 6.07) is 8.83. The number of carbonyl (C=O) groups excluding carboxylic acids is 1. The summed E-state index contributed by atoms with van der Waals surface area (Å²) in [4.78, 5) is 29.1. The van der Waals surface area contributed by atoms with E-state index in [-0.39, 0.29) is 17.5 Å². The van der Waals surface area contributed by atoms with Crippen molar-refractivity contribution in [2.45, 2.75) is 18.7 Å². The van der Waals surface area contributed by atoms with Crippen LogP contribution in [0.3, 0.4) is 0 Å². The number of nitrogens with one attached hydrogen (secondary N) is 1. The number of hydrogen-bond donors (Lipinski definition) is 1. The summed E-state index contributed by atoms with van der Waals surface area (Å²) in [5.41, 5.74) is 1.55. The van der Waals surface area contributed by atoms with Gasteiger partial charge < -0.3 is 5.32 Å². The smallest absolute Gasteiger partial charge is 0.258 e. The van der Waals surface area contributed by atoms with E-state index in [4.69, 9.17) is 11.6 Å². The summed E-state index contributed by atoms with van der Waals surface area (Å²) in [7, 11) is 0. The van der Waals surface area contributed by atoms with Crippen LogP contribution in [0.1, 0.15) is 24.2 Å². The monoisotopic (exact) mass is 393 g/mol. The van der Waals surface area contributed by atoms with Crippen LogP contribution in [-0.2, 0) is 10.5 Å². The Morgan fingerprint density at radius 3 is 3.08 bits per heavy atom. The lowest BCUT2D eigenvalue weighted by Crippen LogP contribution is -2.28. The van der Waals surface area contributed by atoms with E-state index in [2.05, 4.69) is 10.3 Å². The molecule has 0 fully saturated rings. The first-order valence-electron chi connectivity index (χ1n) is 7.61. The highest BCUT2D eigenvalue weighted by Crippen LogP contribution is 2.18. The van der Waals surface area contributed by atoms with Crippen molar-refractivity contribution >= 4 is 45.6 Å². The lowest BCUT2D eigenvalue weighted by Gasteiger charge is -2.14. The molecule has 130 valence electrons. The fourth-order valence-corrected chi connectivity index (χ4v) is 4.02. The summed E-state index contributed by atoms with van der Waals surface area (Å²) in [5, 5.41) is 5.42. The molecule has 25 heavy (non-hydrogen) atoms. The number of carbonyl (C=O) groups is 1. The molecule has 0 bridgehead atoms. The molecule has 0 aliphatic heterocycles. The number of amides is 1. The predicted molar refractivity (Wildman–Crippen MR) is 104 cm³/mol. The lowest BCUT2D eigenvalue weighted by molar-refractivity contribution is -0.119. The number of nitrogens with zero attached hydrogens (tertiary/aromatic N) is 2. The quantitative estimate of drug-likeness (QED) is 0.696. The van der Waals surface area contributed by atoms with Gasteiger partial charge in [0.25, 0.3) is 5.56 Å². The van der Waals surface area contributed by atoms with E-state index < -0.39 is 0 Å². The second-order valence-corrected chi connectivity index (χ2v) is 7.77. The van der Waals surface area contributed by atoms with E-state index >= 15 is 0 Å². The van der Waals surface area contributed by atoms with Crippen LogP contribution in [0.2, 0.25) is 5.02 Å². The molecule has 0 spiro atoms. The maximum absolute atomic E-state index is 12.1. The van der Waals surface area contributed by atoms with Gasteiger partial charge in [-0.05, 0) is 24.6 Å². The molecular formula is C17H16ClN3O2S2. The summed E-state index contributed by atoms with van der Waals surface area (Å²) >= 11 is 8.82. The van der Waals surface area contributed by atoms with Crippen LogP contribution in [0.4, 0.5) is 0 Å². The average Bonchev–Trinajstić information content (AvgIpc) is 3.04. The van der Waals surface area contributed by atoms with E-state index in [1.807, 2.05) is 30.5 Å². The fraction of sp³-hybridized carbons (Fsp3) is 0.235. The highest BCUT2D eigenvalue weighted by atomic mass is 35.5. The molecule has 0 aliphatic carbocycles. The lowest BCUT2D eigenvalue weighted by atomic mass is 10.1. The van der Waals surface area contributed by atoms with E-state index in [0.717, 1.165) is 5.56 Å². The predicted octanol–water partition coefficient (Wildman–Crippen LogP) is 3.52. The SMILES string of the molecule is C[C@H](NC(=O)CSCc1cc(=O)n2ccsc2n1)c1cccc(Cl)c1. The number of aromatic nitrogens is 2. The molecule has 2 aromatic heterocycles. The van der Waals surface area contributed by atoms with E-state index in [1.165, 1.54) is 33.6 Å². The summed E-state index contributed by atoms with van der Waals surface area (Å²) < 4.78 is 1.51. The molecular weight excluding hydrogens is 378 g/mol. The zero-order valence-electron chi connectivity index (χ0n) is 13.4. The van der Waals surface area contributed by atoms with Gasteiger partial charge in [-0.1, -0.05) is 23.7 Å². The average molecular weight is 394 g/mol. The number of hydrogen-bond acceptors (Lipinski definition) is 5. The van der Waals surface area contributed by atoms with Gasteiger partial charge in [0.1, 0.15) is 0 Å². The number of thiazole rings is 1. The Morgan fingerprint density at radius 1 is 1.44 bits per heavy atom. The Kier molecular flexibility index (Phi) is 5.78. The number of thioether (sulfide) groups is 1. The van der Waals surface area contributed by atoms with Crippen LogP contribution in [0, 0.1) is 0 Å². The molecule has 1 aromatic carbocycles. The minimum Gasteiger partial charge on any atom is -0.349 e. The van der Waals surface area contributed by atoms with Gasteiger partial charge in [-0.25, -0.2) is 4.98 Å². The molecule has 0 aliphatic rings. The standard InChI is InChI=1S/C17H16ClN3O2S2/c1-11(12-3-2-4-13(18)7-12)19-15(22)10-24-9-14-8-16(23)21-5-6-25-17(21)20-14/h2-8,11H,9-10H2,1H3,(H,19,22)/t11-/m0/s1. The number of fused-ring (bicyclic) bond motifs is 1. The van der Waals surface area contributed by atoms with Crippen molar-refractivity contribution < 1.29 is 4.79 Å². The maximum atomic E-state index is 12.1. The third kappa shape index (κ3) is 4.62. The van der Waals surface area contributed by atoms with Crippen molar-refractivity contribution in [2.75, 3.05) is 5.75 Å². The molecule has 8 heteroatoms. The van der Waals surface area contributed by atoms with Crippen LogP contribution >= 0.6 is 34.7 Å². The van der Waals surface area contributed by atoms with Gasteiger partial charge >= 0.3 is 0 Å². The van der Waals surface area contributed by atoms with E-state index in [1.54, 1.807) is 12.3 Å². The Labute approximate surface area is 158 Å². The first-order valence-corrected chi connectivity index (χ1v) is 10.0. The molecule has 0 saturated carbocycles. The summed E-state index contributed by atoms with van der Waals surface area (Å²) in [6.07, 6.45) is 1.71. The Balaban J connectivity index is 1.52. The number of rotatable bonds is 6. The van der Waals surface area contributed by atoms with Crippen LogP contribution in [0.25, 0.3) is 4.96 Å². The molecule has 5 nitrogen and oxygen atoms in total. The molecule has 0 radical (unpaired) electrons. The number of benzene rings is 1. The zero-order chi connectivity index (χ0) is 17.8. The number of halogens is 1. The van der Waals surface area contributed by atoms with Crippen LogP contribution in [0.15, 0.2) is 46.7 Å². The third-order valence-corrected chi connectivity index (χ3v) is 5.52. The first kappa shape index (κ1) is 18.0. The van der Waals surface area contributed by atoms with Gasteiger partial charge in [0.15, 0.2) is 4.96 Å². The summed E-state index contributed by atoms with van der Waals surface area (Å²) in [5.74, 6) is 0.755. The minimum absolute atomic E-state index is 0.0635. The molecule has 0 saturated heterocycles. The fourth-order valence-electron chi connectivity index (χ4n) is 2.35. The van der Waals surface area contributed by atoms with Crippen molar-refractivity contribution in [1.29, 1.82) is 0 Å². The molecule has 0 unspecified atom stereocenters. The van der Waals surface area contributed by atoms with Gasteiger partial charge in [-0.2, -0.15) is 0 Å². The first-order chi connectivity index (χ1) is 12.0. The maximum Gasteiger partial charge on any atom is 0.258 e. The molecule has 3 rings (SSSR count). The molecule has 3 aromatic rings. The van der Waals surface area contributed by atoms with Gasteiger partial charge in [-0.15, -0.1) is 23.1 Å². The zero-order valence-corrected chi connectivity index (χ0v) is 15.8. The largest absolute Gasteiger partial charge is 0.349 e. The van der Waals surface area contributed by atoms with Crippen molar-refractivity contribution in [3.05, 3.63) is 68.5 Å². The normalized spacial score (nSPS) is 12.2. The molecule has 1 N–H and O–H groups in total. The Hall–Kier alpha value is -1.83. The van der Waals surface area contributed by atoms with Crippen molar-refractivity contribution in [3.8, 4) is 0 Å². The second-order valence-electron chi connectivity index (χ2n) is 5.48. The molecule has 2 heterocycles. The highest BCUT2D eigenvalue weighted by Gasteiger charge is 2.11. The van der Waals surface area contributed by atoms with Gasteiger partial charge in [0.2, 0.25) is 5.91 Å². The molecule has 1 amide bonds. The Bertz CT molecular complexity index is 954. The van der Waals surface area contributed by atoms with Gasteiger partial charge in [-0.3, -0.25) is 14.0 Å². The van der Waals surface area contributed by atoms with Crippen molar-refractivity contribution in [1.82, 2.24) is 14.7 Å². The van der Waals surface area contributed by atoms with Gasteiger partial charge in [0, 0.05) is 28.4 Å². The van der Waals surface area contributed by atoms with Crippen LogP contribution in [-0.4, -0.2) is 21.0 Å². The Morgan fingerprint density at radius 2 is 2.28 bits per heavy atom. The third-order valence-electron chi connectivity index (χ3n) is 3.57. The van der Waals surface area contributed by atoms with Gasteiger partial charge in [0.05, 0.1) is 17.5 Å². The second kappa shape index (κ2) is 8.03. The topological polar surface area (TPSA) is 63.5 Å². The van der Waals surface area contributed by atoms with E-state index in [0.29, 0.717) is 27.2 Å². The van der Waals surface area contributed by atoms with Crippen molar-refractivity contribution in [2.24, 2.45) is 0 Å². The van der Waals surface area contributed by atoms with Crippen molar-refractivity contribution in [3.63, 3.8) is 0 Å². The highest BCUT2D eigenvalue weighted by molar-refractivity contribution is 7.99. The van der Waals surface area contributed by atoms with Crippen LogP contribution < -0.4 is 10.9 Å². The molecule has 1 atom stereocenters. The van der Waals surface area contributed by atoms with E-state index in [9.17, 15) is 9.59 Å². The summed E-state index contributed by atoms with van der Waals surface area (Å²) in [6.45, 7) is 1.92. The minimum atomic E-state index is -0.114.